The molecule has 0 spiro atoms. The number of carbonyl (C=O) groups is 1. The molecular formula is C25H27NO5S. The Bertz CT molecular complexity index is 1060. The van der Waals surface area contributed by atoms with Crippen LogP contribution in [0, 0.1) is 0 Å². The van der Waals surface area contributed by atoms with E-state index in [1.807, 2.05) is 67.8 Å². The van der Waals surface area contributed by atoms with E-state index in [0.717, 1.165) is 28.3 Å². The maximum absolute atomic E-state index is 12.7. The fraction of sp³-hybridized carbons (Fsp3) is 0.320. The molecule has 0 saturated carbocycles. The van der Waals surface area contributed by atoms with E-state index in [9.17, 15) is 4.79 Å². The van der Waals surface area contributed by atoms with Gasteiger partial charge in [-0.3, -0.25) is 0 Å². The number of benzene rings is 2. The summed E-state index contributed by atoms with van der Waals surface area (Å²) in [6.07, 6.45) is -1.06. The van der Waals surface area contributed by atoms with Gasteiger partial charge in [0.15, 0.2) is 6.10 Å². The first-order chi connectivity index (χ1) is 15.4. The quantitative estimate of drug-likeness (QED) is 0.480. The molecule has 6 nitrogen and oxygen atoms in total. The van der Waals surface area contributed by atoms with Crippen molar-refractivity contribution in [3.63, 3.8) is 0 Å². The number of rotatable bonds is 7. The Balaban J connectivity index is 1.54. The van der Waals surface area contributed by atoms with Crippen LogP contribution in [0.1, 0.15) is 40.8 Å². The molecule has 4 rings (SSSR count). The average Bonchev–Trinajstić information content (AvgIpc) is 3.33. The number of hydrogen-bond donors (Lipinski definition) is 1. The van der Waals surface area contributed by atoms with E-state index in [1.54, 1.807) is 20.3 Å². The lowest BCUT2D eigenvalue weighted by Crippen LogP contribution is -2.51. The van der Waals surface area contributed by atoms with Gasteiger partial charge in [-0.2, -0.15) is 0 Å². The fourth-order valence-corrected chi connectivity index (χ4v) is 4.42. The first-order valence-corrected chi connectivity index (χ1v) is 11.3. The highest BCUT2D eigenvalue weighted by Gasteiger charge is 2.47. The normalized spacial score (nSPS) is 18.9. The molecule has 1 aromatic heterocycles. The predicted octanol–water partition coefficient (Wildman–Crippen LogP) is 5.45. The molecule has 0 aliphatic carbocycles. The van der Waals surface area contributed by atoms with E-state index in [4.69, 9.17) is 18.9 Å². The van der Waals surface area contributed by atoms with E-state index in [-0.39, 0.29) is 5.97 Å². The van der Waals surface area contributed by atoms with Crippen molar-refractivity contribution in [2.24, 2.45) is 0 Å². The number of hydrogen-bond acceptors (Lipinski definition) is 7. The van der Waals surface area contributed by atoms with Gasteiger partial charge in [-0.15, -0.1) is 11.3 Å². The van der Waals surface area contributed by atoms with Gasteiger partial charge in [-0.25, -0.2) is 4.79 Å². The molecule has 2 heterocycles. The van der Waals surface area contributed by atoms with Crippen molar-refractivity contribution < 1.29 is 23.7 Å². The molecule has 1 aliphatic heterocycles. The highest BCUT2D eigenvalue weighted by molar-refractivity contribution is 7.11. The molecule has 2 atom stereocenters. The van der Waals surface area contributed by atoms with Gasteiger partial charge < -0.3 is 24.3 Å². The smallest absolute Gasteiger partial charge is 0.348 e. The highest BCUT2D eigenvalue weighted by Crippen LogP contribution is 2.44. The molecule has 0 saturated heterocycles. The number of fused-ring (bicyclic) bond motifs is 1. The van der Waals surface area contributed by atoms with Crippen molar-refractivity contribution in [1.82, 2.24) is 0 Å². The molecular weight excluding hydrogens is 426 g/mol. The van der Waals surface area contributed by atoms with E-state index in [1.165, 1.54) is 11.3 Å². The van der Waals surface area contributed by atoms with Gasteiger partial charge in [-0.1, -0.05) is 18.2 Å². The average molecular weight is 454 g/mol. The summed E-state index contributed by atoms with van der Waals surface area (Å²) < 4.78 is 23.2. The fourth-order valence-electron chi connectivity index (χ4n) is 3.81. The van der Waals surface area contributed by atoms with Crippen LogP contribution in [0.15, 0.2) is 60.0 Å². The molecule has 1 aliphatic rings. The van der Waals surface area contributed by atoms with Crippen molar-refractivity contribution in [2.45, 2.75) is 38.2 Å². The molecule has 2 unspecified atom stereocenters. The van der Waals surface area contributed by atoms with Crippen LogP contribution >= 0.6 is 11.3 Å². The SMILES string of the molecule is COc1ccc(CNc2ccc3c(c2)C(OC)C(OC(=O)c2cccs2)C(C)(C)O3)cc1. The molecule has 0 amide bonds. The zero-order chi connectivity index (χ0) is 22.7. The first-order valence-electron chi connectivity index (χ1n) is 10.4. The van der Waals surface area contributed by atoms with Gasteiger partial charge in [0.2, 0.25) is 0 Å². The number of ether oxygens (including phenoxy) is 4. The zero-order valence-corrected chi connectivity index (χ0v) is 19.4. The topological polar surface area (TPSA) is 66.0 Å². The van der Waals surface area contributed by atoms with Gasteiger partial charge in [-0.05, 0) is 61.2 Å². The van der Waals surface area contributed by atoms with Gasteiger partial charge in [0, 0.05) is 24.9 Å². The summed E-state index contributed by atoms with van der Waals surface area (Å²) in [5.41, 5.74) is 2.15. The molecule has 0 radical (unpaired) electrons. The number of methoxy groups -OCH3 is 2. The van der Waals surface area contributed by atoms with Crippen molar-refractivity contribution in [1.29, 1.82) is 0 Å². The molecule has 3 aromatic rings. The molecule has 0 bridgehead atoms. The van der Waals surface area contributed by atoms with Crippen LogP contribution in [0.4, 0.5) is 5.69 Å². The monoisotopic (exact) mass is 453 g/mol. The van der Waals surface area contributed by atoms with Crippen LogP contribution in [-0.2, 0) is 16.0 Å². The molecule has 0 fully saturated rings. The van der Waals surface area contributed by atoms with Crippen molar-refractivity contribution in [3.05, 3.63) is 76.0 Å². The molecule has 32 heavy (non-hydrogen) atoms. The van der Waals surface area contributed by atoms with Crippen molar-refractivity contribution in [3.8, 4) is 11.5 Å². The largest absolute Gasteiger partial charge is 0.497 e. The van der Waals surface area contributed by atoms with Crippen LogP contribution in [0.2, 0.25) is 0 Å². The Kier molecular flexibility index (Phi) is 6.39. The van der Waals surface area contributed by atoms with Gasteiger partial charge in [0.1, 0.15) is 28.1 Å². The number of esters is 1. The second-order valence-corrected chi connectivity index (χ2v) is 9.07. The lowest BCUT2D eigenvalue weighted by molar-refractivity contribution is -0.129. The van der Waals surface area contributed by atoms with Crippen LogP contribution in [0.3, 0.4) is 0 Å². The van der Waals surface area contributed by atoms with Gasteiger partial charge in [0.25, 0.3) is 0 Å². The Morgan fingerprint density at radius 2 is 1.91 bits per heavy atom. The third-order valence-corrected chi connectivity index (χ3v) is 6.37. The van der Waals surface area contributed by atoms with E-state index in [2.05, 4.69) is 5.32 Å². The maximum Gasteiger partial charge on any atom is 0.348 e. The zero-order valence-electron chi connectivity index (χ0n) is 18.6. The summed E-state index contributed by atoms with van der Waals surface area (Å²) >= 11 is 1.35. The first kappa shape index (κ1) is 22.2. The van der Waals surface area contributed by atoms with Crippen molar-refractivity contribution >= 4 is 23.0 Å². The minimum absolute atomic E-state index is 0.374. The second-order valence-electron chi connectivity index (χ2n) is 8.12. The lowest BCUT2D eigenvalue weighted by Gasteiger charge is -2.43. The molecule has 7 heteroatoms. The standard InChI is InChI=1S/C25H27NO5S/c1-25(2)23(30-24(27)21-6-5-13-32-21)22(29-4)19-14-17(9-12-20(19)31-25)26-15-16-7-10-18(28-3)11-8-16/h5-14,22-23,26H,15H2,1-4H3. The summed E-state index contributed by atoms with van der Waals surface area (Å²) in [7, 11) is 3.28. The van der Waals surface area contributed by atoms with Crippen LogP contribution in [-0.4, -0.2) is 31.9 Å². The lowest BCUT2D eigenvalue weighted by atomic mass is 9.88. The second kappa shape index (κ2) is 9.22. The summed E-state index contributed by atoms with van der Waals surface area (Å²) in [4.78, 5) is 13.2. The molecule has 2 aromatic carbocycles. The summed E-state index contributed by atoms with van der Waals surface area (Å²) in [5.74, 6) is 1.18. The van der Waals surface area contributed by atoms with Gasteiger partial charge >= 0.3 is 5.97 Å². The van der Waals surface area contributed by atoms with Crippen LogP contribution in [0.5, 0.6) is 11.5 Å². The predicted molar refractivity (Wildman–Crippen MR) is 125 cm³/mol. The number of nitrogens with one attached hydrogen (secondary N) is 1. The minimum Gasteiger partial charge on any atom is -0.497 e. The summed E-state index contributed by atoms with van der Waals surface area (Å²) in [5, 5.41) is 5.28. The Morgan fingerprint density at radius 1 is 1.12 bits per heavy atom. The van der Waals surface area contributed by atoms with Crippen LogP contribution in [0.25, 0.3) is 0 Å². The Morgan fingerprint density at radius 3 is 2.56 bits per heavy atom. The molecule has 1 N–H and O–H groups in total. The van der Waals surface area contributed by atoms with E-state index in [0.29, 0.717) is 11.4 Å². The van der Waals surface area contributed by atoms with Crippen molar-refractivity contribution in [2.75, 3.05) is 19.5 Å². The maximum atomic E-state index is 12.7. The third-order valence-electron chi connectivity index (χ3n) is 5.52. The minimum atomic E-state index is -0.751. The van der Waals surface area contributed by atoms with E-state index < -0.39 is 17.8 Å². The van der Waals surface area contributed by atoms with E-state index >= 15 is 0 Å². The third kappa shape index (κ3) is 4.59. The molecule has 168 valence electrons. The number of thiophene rings is 1. The Hall–Kier alpha value is -3.03. The highest BCUT2D eigenvalue weighted by atomic mass is 32.1. The van der Waals surface area contributed by atoms with Crippen LogP contribution < -0.4 is 14.8 Å². The number of anilines is 1. The van der Waals surface area contributed by atoms with Gasteiger partial charge in [0.05, 0.1) is 7.11 Å². The number of carbonyl (C=O) groups excluding carboxylic acids is 1. The Labute approximate surface area is 192 Å². The summed E-state index contributed by atoms with van der Waals surface area (Å²) in [6, 6.07) is 17.4. The summed E-state index contributed by atoms with van der Waals surface area (Å²) in [6.45, 7) is 4.47.